The second kappa shape index (κ2) is 4.02. The number of benzene rings is 1. The number of aliphatic carboxylic acids is 1. The first-order valence-corrected chi connectivity index (χ1v) is 4.39. The summed E-state index contributed by atoms with van der Waals surface area (Å²) < 4.78 is 26.7. The Labute approximate surface area is 90.6 Å². The first-order chi connectivity index (χ1) is 7.36. The second-order valence-electron chi connectivity index (χ2n) is 3.22. The first kappa shape index (κ1) is 12.3. The van der Waals surface area contributed by atoms with Gasteiger partial charge in [0.25, 0.3) is 0 Å². The molecule has 0 spiro atoms. The zero-order valence-electron chi connectivity index (χ0n) is 8.23. The molecule has 3 nitrogen and oxygen atoms in total. The quantitative estimate of drug-likeness (QED) is 0.772. The van der Waals surface area contributed by atoms with Crippen molar-refractivity contribution < 1.29 is 23.8 Å². The molecular formula is C11H10F2O3. The number of carbonyl (C=O) groups is 1. The van der Waals surface area contributed by atoms with Gasteiger partial charge in [-0.25, -0.2) is 4.79 Å². The molecule has 2 N–H and O–H groups in total. The average molecular weight is 228 g/mol. The molecule has 1 unspecified atom stereocenters. The Morgan fingerprint density at radius 3 is 2.19 bits per heavy atom. The number of hydrogen-bond donors (Lipinski definition) is 2. The summed E-state index contributed by atoms with van der Waals surface area (Å²) >= 11 is 0. The Hall–Kier alpha value is -1.75. The van der Waals surface area contributed by atoms with Gasteiger partial charge in [0.05, 0.1) is 0 Å². The van der Waals surface area contributed by atoms with Crippen LogP contribution in [-0.2, 0) is 10.4 Å². The molecule has 0 aliphatic heterocycles. The third kappa shape index (κ3) is 1.69. The molecule has 0 aliphatic carbocycles. The molecule has 0 saturated carbocycles. The first-order valence-electron chi connectivity index (χ1n) is 4.39. The fourth-order valence-corrected chi connectivity index (χ4v) is 1.28. The molecule has 0 heterocycles. The number of rotatable bonds is 4. The van der Waals surface area contributed by atoms with Crippen molar-refractivity contribution in [2.75, 3.05) is 0 Å². The second-order valence-corrected chi connectivity index (χ2v) is 3.22. The zero-order chi connectivity index (χ0) is 12.4. The van der Waals surface area contributed by atoms with Crippen molar-refractivity contribution in [1.29, 1.82) is 0 Å². The third-order valence-electron chi connectivity index (χ3n) is 2.26. The van der Waals surface area contributed by atoms with Crippen LogP contribution < -0.4 is 0 Å². The van der Waals surface area contributed by atoms with Crippen LogP contribution >= 0.6 is 0 Å². The van der Waals surface area contributed by atoms with Crippen molar-refractivity contribution in [3.8, 4) is 0 Å². The number of hydrogen-bond acceptors (Lipinski definition) is 2. The van der Waals surface area contributed by atoms with Gasteiger partial charge < -0.3 is 10.2 Å². The van der Waals surface area contributed by atoms with Gasteiger partial charge in [-0.2, -0.15) is 8.78 Å². The lowest BCUT2D eigenvalue weighted by molar-refractivity contribution is -0.199. The van der Waals surface area contributed by atoms with E-state index in [-0.39, 0.29) is 5.56 Å². The Morgan fingerprint density at radius 2 is 1.81 bits per heavy atom. The molecule has 5 heteroatoms. The molecule has 0 radical (unpaired) electrons. The number of halogens is 2. The minimum atomic E-state index is -4.34. The predicted octanol–water partition coefficient (Wildman–Crippen LogP) is 1.78. The maximum Gasteiger partial charge on any atom is 0.378 e. The number of alkyl halides is 2. The van der Waals surface area contributed by atoms with Crippen LogP contribution in [0.25, 0.3) is 0 Å². The highest BCUT2D eigenvalue weighted by Crippen LogP contribution is 2.38. The third-order valence-corrected chi connectivity index (χ3v) is 2.26. The van der Waals surface area contributed by atoms with Crippen LogP contribution in [0.2, 0.25) is 0 Å². The van der Waals surface area contributed by atoms with E-state index >= 15 is 0 Å². The summed E-state index contributed by atoms with van der Waals surface area (Å²) in [5.74, 6) is -6.74. The Balaban J connectivity index is 3.33. The summed E-state index contributed by atoms with van der Waals surface area (Å²) in [5, 5.41) is 18.2. The van der Waals surface area contributed by atoms with E-state index in [1.54, 1.807) is 6.07 Å². The van der Waals surface area contributed by atoms with Gasteiger partial charge in [-0.15, -0.1) is 0 Å². The van der Waals surface area contributed by atoms with E-state index in [0.29, 0.717) is 6.08 Å². The van der Waals surface area contributed by atoms with Crippen molar-refractivity contribution in [2.45, 2.75) is 11.5 Å². The molecule has 0 amide bonds. The van der Waals surface area contributed by atoms with Gasteiger partial charge in [-0.3, -0.25) is 0 Å². The van der Waals surface area contributed by atoms with E-state index in [0.717, 1.165) is 0 Å². The van der Waals surface area contributed by atoms with Crippen molar-refractivity contribution in [1.82, 2.24) is 0 Å². The largest absolute Gasteiger partial charge is 0.477 e. The lowest BCUT2D eigenvalue weighted by Crippen LogP contribution is -2.49. The molecular weight excluding hydrogens is 218 g/mol. The van der Waals surface area contributed by atoms with Crippen LogP contribution in [0.4, 0.5) is 8.78 Å². The van der Waals surface area contributed by atoms with Gasteiger partial charge in [0.2, 0.25) is 0 Å². The minimum absolute atomic E-state index is 0.225. The molecule has 1 rings (SSSR count). The summed E-state index contributed by atoms with van der Waals surface area (Å²) in [6.07, 6.45) is 0.524. The van der Waals surface area contributed by atoms with Crippen molar-refractivity contribution in [3.05, 3.63) is 48.6 Å². The summed E-state index contributed by atoms with van der Waals surface area (Å²) in [6.45, 7) is 3.06. The molecule has 1 aromatic carbocycles. The Kier molecular flexibility index (Phi) is 3.09. The standard InChI is InChI=1S/C11H10F2O3/c1-2-10(16,11(12,13)9(14)15)8-6-4-3-5-7-8/h2-7,16H,1H2,(H,14,15). The lowest BCUT2D eigenvalue weighted by Gasteiger charge is -2.30. The molecule has 1 atom stereocenters. The van der Waals surface area contributed by atoms with Crippen molar-refractivity contribution >= 4 is 5.97 Å². The fourth-order valence-electron chi connectivity index (χ4n) is 1.28. The van der Waals surface area contributed by atoms with E-state index in [1.165, 1.54) is 24.3 Å². The Bertz CT molecular complexity index is 403. The highest BCUT2D eigenvalue weighted by molar-refractivity contribution is 5.78. The van der Waals surface area contributed by atoms with Crippen LogP contribution in [0.1, 0.15) is 5.56 Å². The van der Waals surface area contributed by atoms with Gasteiger partial charge >= 0.3 is 11.9 Å². The molecule has 86 valence electrons. The number of aliphatic hydroxyl groups is 1. The molecule has 0 saturated heterocycles. The van der Waals surface area contributed by atoms with E-state index in [2.05, 4.69) is 6.58 Å². The van der Waals surface area contributed by atoms with E-state index < -0.39 is 17.5 Å². The molecule has 0 fully saturated rings. The monoisotopic (exact) mass is 228 g/mol. The zero-order valence-corrected chi connectivity index (χ0v) is 8.23. The minimum Gasteiger partial charge on any atom is -0.477 e. The maximum absolute atomic E-state index is 13.4. The van der Waals surface area contributed by atoms with Crippen LogP contribution in [0.5, 0.6) is 0 Å². The van der Waals surface area contributed by atoms with E-state index in [4.69, 9.17) is 5.11 Å². The highest BCUT2D eigenvalue weighted by atomic mass is 19.3. The van der Waals surface area contributed by atoms with Crippen LogP contribution in [0.3, 0.4) is 0 Å². The van der Waals surface area contributed by atoms with Gasteiger partial charge in [0.15, 0.2) is 5.60 Å². The lowest BCUT2D eigenvalue weighted by atomic mass is 9.87. The molecule has 16 heavy (non-hydrogen) atoms. The topological polar surface area (TPSA) is 57.5 Å². The smallest absolute Gasteiger partial charge is 0.378 e. The Morgan fingerprint density at radius 1 is 1.31 bits per heavy atom. The van der Waals surface area contributed by atoms with E-state index in [9.17, 15) is 18.7 Å². The SMILES string of the molecule is C=CC(O)(c1ccccc1)C(F)(F)C(=O)O. The summed E-state index contributed by atoms with van der Waals surface area (Å²) in [7, 11) is 0. The van der Waals surface area contributed by atoms with Crippen LogP contribution in [-0.4, -0.2) is 22.1 Å². The van der Waals surface area contributed by atoms with Crippen molar-refractivity contribution in [3.63, 3.8) is 0 Å². The molecule has 0 aromatic heterocycles. The fraction of sp³-hybridized carbons (Fsp3) is 0.182. The molecule has 0 aliphatic rings. The summed E-state index contributed by atoms with van der Waals surface area (Å²) in [6, 6.07) is 6.81. The van der Waals surface area contributed by atoms with Crippen LogP contribution in [0.15, 0.2) is 43.0 Å². The molecule has 1 aromatic rings. The van der Waals surface area contributed by atoms with Gasteiger partial charge in [0.1, 0.15) is 0 Å². The van der Waals surface area contributed by atoms with E-state index in [1.807, 2.05) is 0 Å². The number of carboxylic acids is 1. The summed E-state index contributed by atoms with van der Waals surface area (Å²) in [5.41, 5.74) is -3.14. The number of carboxylic acid groups (broad SMARTS) is 1. The van der Waals surface area contributed by atoms with Gasteiger partial charge in [-0.05, 0) is 11.6 Å². The van der Waals surface area contributed by atoms with Gasteiger partial charge in [-0.1, -0.05) is 36.9 Å². The van der Waals surface area contributed by atoms with Crippen molar-refractivity contribution in [2.24, 2.45) is 0 Å². The summed E-state index contributed by atoms with van der Waals surface area (Å²) in [4.78, 5) is 10.4. The van der Waals surface area contributed by atoms with Crippen LogP contribution in [0, 0.1) is 0 Å². The molecule has 0 bridgehead atoms. The normalized spacial score (nSPS) is 15.2. The highest BCUT2D eigenvalue weighted by Gasteiger charge is 2.58. The van der Waals surface area contributed by atoms with Gasteiger partial charge in [0, 0.05) is 0 Å². The predicted molar refractivity (Wildman–Crippen MR) is 53.1 cm³/mol. The average Bonchev–Trinajstić information content (AvgIpc) is 2.28. The maximum atomic E-state index is 13.4.